The van der Waals surface area contributed by atoms with Crippen molar-refractivity contribution in [3.63, 3.8) is 0 Å². The van der Waals surface area contributed by atoms with Gasteiger partial charge in [-0.05, 0) is 17.7 Å². The number of rotatable bonds is 2. The molecule has 0 radical (unpaired) electrons. The van der Waals surface area contributed by atoms with E-state index in [-0.39, 0.29) is 11.3 Å². The van der Waals surface area contributed by atoms with E-state index in [0.717, 1.165) is 6.07 Å². The molecule has 0 fully saturated rings. The lowest BCUT2D eigenvalue weighted by Crippen LogP contribution is -2.04. The molecule has 0 amide bonds. The Balaban J connectivity index is 3.41. The van der Waals surface area contributed by atoms with E-state index in [1.54, 1.807) is 0 Å². The van der Waals surface area contributed by atoms with E-state index in [1.165, 1.54) is 12.1 Å². The summed E-state index contributed by atoms with van der Waals surface area (Å²) in [5, 5.41) is 8.73. The predicted molar refractivity (Wildman–Crippen MR) is 44.7 cm³/mol. The van der Waals surface area contributed by atoms with E-state index < -0.39 is 21.6 Å². The van der Waals surface area contributed by atoms with Gasteiger partial charge in [0.15, 0.2) is 0 Å². The summed E-state index contributed by atoms with van der Waals surface area (Å²) >= 11 is 0. The van der Waals surface area contributed by atoms with Gasteiger partial charge in [-0.2, -0.15) is 0 Å². The molecule has 1 aromatic rings. The standard InChI is InChI=1S/C7H9NO4S/c8-6-2-1-5(4-9)7(3-6)13(10,11)12/h1-3,9H,4,8H2,(H,10,11,12)/p-1. The summed E-state index contributed by atoms with van der Waals surface area (Å²) in [5.74, 6) is 0. The van der Waals surface area contributed by atoms with Crippen LogP contribution in [0.2, 0.25) is 0 Å². The van der Waals surface area contributed by atoms with Gasteiger partial charge in [0.05, 0.1) is 11.5 Å². The highest BCUT2D eigenvalue weighted by atomic mass is 32.2. The zero-order chi connectivity index (χ0) is 10.1. The molecule has 0 bridgehead atoms. The fourth-order valence-corrected chi connectivity index (χ4v) is 1.67. The van der Waals surface area contributed by atoms with Crippen LogP contribution in [0.25, 0.3) is 0 Å². The van der Waals surface area contributed by atoms with E-state index in [0.29, 0.717) is 0 Å². The van der Waals surface area contributed by atoms with Crippen molar-refractivity contribution in [1.82, 2.24) is 0 Å². The molecule has 0 spiro atoms. The molecule has 5 nitrogen and oxygen atoms in total. The second-order valence-electron chi connectivity index (χ2n) is 2.48. The average Bonchev–Trinajstić information content (AvgIpc) is 2.03. The molecule has 0 aliphatic heterocycles. The van der Waals surface area contributed by atoms with E-state index in [9.17, 15) is 13.0 Å². The van der Waals surface area contributed by atoms with Gasteiger partial charge in [0.25, 0.3) is 0 Å². The van der Waals surface area contributed by atoms with Crippen LogP contribution in [0.4, 0.5) is 5.69 Å². The van der Waals surface area contributed by atoms with Gasteiger partial charge in [0.2, 0.25) is 0 Å². The number of anilines is 1. The van der Waals surface area contributed by atoms with Crippen LogP contribution in [0.3, 0.4) is 0 Å². The third-order valence-electron chi connectivity index (χ3n) is 1.53. The maximum atomic E-state index is 10.6. The molecular weight excluding hydrogens is 194 g/mol. The fraction of sp³-hybridized carbons (Fsp3) is 0.143. The summed E-state index contributed by atoms with van der Waals surface area (Å²) < 4.78 is 31.9. The number of aliphatic hydroxyl groups excluding tert-OH is 1. The van der Waals surface area contributed by atoms with Crippen LogP contribution in [0.15, 0.2) is 23.1 Å². The predicted octanol–water partition coefficient (Wildman–Crippen LogP) is -0.335. The quantitative estimate of drug-likeness (QED) is 0.504. The minimum Gasteiger partial charge on any atom is -0.744 e. The van der Waals surface area contributed by atoms with Crippen molar-refractivity contribution in [3.8, 4) is 0 Å². The monoisotopic (exact) mass is 202 g/mol. The normalized spacial score (nSPS) is 11.5. The highest BCUT2D eigenvalue weighted by Gasteiger charge is 2.07. The molecule has 0 aliphatic rings. The molecule has 1 rings (SSSR count). The third kappa shape index (κ3) is 2.18. The zero-order valence-corrected chi connectivity index (χ0v) is 7.41. The molecule has 0 saturated carbocycles. The average molecular weight is 202 g/mol. The van der Waals surface area contributed by atoms with Crippen molar-refractivity contribution >= 4 is 15.8 Å². The number of nitrogens with two attached hydrogens (primary N) is 1. The fourth-order valence-electron chi connectivity index (χ4n) is 0.934. The van der Waals surface area contributed by atoms with Crippen LogP contribution < -0.4 is 5.73 Å². The minimum absolute atomic E-state index is 0.0594. The lowest BCUT2D eigenvalue weighted by molar-refractivity contribution is 0.278. The van der Waals surface area contributed by atoms with E-state index >= 15 is 0 Å². The van der Waals surface area contributed by atoms with Crippen molar-refractivity contribution in [2.75, 3.05) is 5.73 Å². The van der Waals surface area contributed by atoms with Crippen molar-refractivity contribution < 1.29 is 18.1 Å². The second kappa shape index (κ2) is 3.33. The number of nitrogen functional groups attached to an aromatic ring is 1. The lowest BCUT2D eigenvalue weighted by Gasteiger charge is -2.11. The van der Waals surface area contributed by atoms with E-state index in [1.807, 2.05) is 0 Å². The Morgan fingerprint density at radius 3 is 2.54 bits per heavy atom. The van der Waals surface area contributed by atoms with Crippen LogP contribution in [0.1, 0.15) is 5.56 Å². The maximum absolute atomic E-state index is 10.6. The van der Waals surface area contributed by atoms with E-state index in [4.69, 9.17) is 10.8 Å². The number of benzene rings is 1. The van der Waals surface area contributed by atoms with Gasteiger partial charge in [-0.15, -0.1) is 0 Å². The first-order valence-electron chi connectivity index (χ1n) is 3.40. The smallest absolute Gasteiger partial charge is 0.124 e. The molecule has 3 N–H and O–H groups in total. The molecule has 0 atom stereocenters. The first-order chi connectivity index (χ1) is 5.95. The third-order valence-corrected chi connectivity index (χ3v) is 2.45. The van der Waals surface area contributed by atoms with Gasteiger partial charge in [0.1, 0.15) is 10.1 Å². The second-order valence-corrected chi connectivity index (χ2v) is 3.83. The van der Waals surface area contributed by atoms with Gasteiger partial charge < -0.3 is 15.4 Å². The SMILES string of the molecule is Nc1ccc(CO)c(S(=O)(=O)[O-])c1. The highest BCUT2D eigenvalue weighted by Crippen LogP contribution is 2.18. The molecule has 0 heterocycles. The highest BCUT2D eigenvalue weighted by molar-refractivity contribution is 7.85. The van der Waals surface area contributed by atoms with E-state index in [2.05, 4.69) is 0 Å². The minimum atomic E-state index is -4.56. The van der Waals surface area contributed by atoms with Gasteiger partial charge in [0, 0.05) is 5.69 Å². The van der Waals surface area contributed by atoms with Crippen LogP contribution in [0, 0.1) is 0 Å². The van der Waals surface area contributed by atoms with Crippen molar-refractivity contribution in [1.29, 1.82) is 0 Å². The van der Waals surface area contributed by atoms with Gasteiger partial charge in [-0.3, -0.25) is 0 Å². The molecule has 0 aromatic heterocycles. The molecule has 1 aromatic carbocycles. The number of hydrogen-bond acceptors (Lipinski definition) is 5. The topological polar surface area (TPSA) is 103 Å². The van der Waals surface area contributed by atoms with Crippen LogP contribution in [0.5, 0.6) is 0 Å². The van der Waals surface area contributed by atoms with Crippen molar-refractivity contribution in [2.24, 2.45) is 0 Å². The Morgan fingerprint density at radius 2 is 2.08 bits per heavy atom. The summed E-state index contributed by atoms with van der Waals surface area (Å²) in [6.07, 6.45) is 0. The Bertz CT molecular complexity index is 413. The Hall–Kier alpha value is -1.11. The molecule has 13 heavy (non-hydrogen) atoms. The first-order valence-corrected chi connectivity index (χ1v) is 4.81. The van der Waals surface area contributed by atoms with Crippen LogP contribution in [-0.2, 0) is 16.7 Å². The molecule has 6 heteroatoms. The summed E-state index contributed by atoms with van der Waals surface area (Å²) in [5.41, 5.74) is 5.53. The maximum Gasteiger partial charge on any atom is 0.124 e. The molecular formula is C7H8NO4S-. The van der Waals surface area contributed by atoms with Crippen LogP contribution >= 0.6 is 0 Å². The molecule has 0 aliphatic carbocycles. The Labute approximate surface area is 75.6 Å². The number of aliphatic hydroxyl groups is 1. The van der Waals surface area contributed by atoms with Crippen LogP contribution in [-0.4, -0.2) is 18.1 Å². The molecule has 72 valence electrons. The molecule has 0 unspecified atom stereocenters. The van der Waals surface area contributed by atoms with Gasteiger partial charge in [-0.1, -0.05) is 6.07 Å². The summed E-state index contributed by atoms with van der Waals surface area (Å²) in [6, 6.07) is 3.76. The van der Waals surface area contributed by atoms with Crippen molar-refractivity contribution in [3.05, 3.63) is 23.8 Å². The van der Waals surface area contributed by atoms with Crippen molar-refractivity contribution in [2.45, 2.75) is 11.5 Å². The Kier molecular flexibility index (Phi) is 2.55. The summed E-state index contributed by atoms with van der Waals surface area (Å²) in [6.45, 7) is -0.503. The summed E-state index contributed by atoms with van der Waals surface area (Å²) in [7, 11) is -4.56. The number of hydrogen-bond donors (Lipinski definition) is 2. The van der Waals surface area contributed by atoms with Gasteiger partial charge in [-0.25, -0.2) is 8.42 Å². The zero-order valence-electron chi connectivity index (χ0n) is 6.60. The lowest BCUT2D eigenvalue weighted by atomic mass is 10.2. The Morgan fingerprint density at radius 1 is 1.46 bits per heavy atom. The van der Waals surface area contributed by atoms with Gasteiger partial charge >= 0.3 is 0 Å². The largest absolute Gasteiger partial charge is 0.744 e. The molecule has 0 saturated heterocycles. The first kappa shape index (κ1) is 9.97. The summed E-state index contributed by atoms with van der Waals surface area (Å²) in [4.78, 5) is -0.463.